The minimum Gasteiger partial charge on any atom is -0.335 e. The fraction of sp³-hybridized carbons (Fsp3) is 0.688. The van der Waals surface area contributed by atoms with Crippen LogP contribution in [0.5, 0.6) is 0 Å². The highest BCUT2D eigenvalue weighted by atomic mass is 32.2. The van der Waals surface area contributed by atoms with Crippen LogP contribution in [0.3, 0.4) is 0 Å². The number of carbonyl (C=O) groups excluding carboxylic acids is 2. The fourth-order valence-corrected chi connectivity index (χ4v) is 6.29. The lowest BCUT2D eigenvalue weighted by atomic mass is 9.83. The second kappa shape index (κ2) is 5.91. The first kappa shape index (κ1) is 16.2. The van der Waals surface area contributed by atoms with Gasteiger partial charge in [-0.25, -0.2) is 4.98 Å². The van der Waals surface area contributed by atoms with Crippen LogP contribution in [-0.4, -0.2) is 68.0 Å². The van der Waals surface area contributed by atoms with Crippen LogP contribution < -0.4 is 0 Å². The monoisotopic (exact) mass is 367 g/mol. The van der Waals surface area contributed by atoms with Crippen molar-refractivity contribution in [1.82, 2.24) is 14.8 Å². The van der Waals surface area contributed by atoms with Gasteiger partial charge in [0.05, 0.1) is 0 Å². The Morgan fingerprint density at radius 2 is 2.04 bits per heavy atom. The molecule has 0 aliphatic carbocycles. The van der Waals surface area contributed by atoms with E-state index in [4.69, 9.17) is 0 Å². The van der Waals surface area contributed by atoms with Crippen molar-refractivity contribution in [3.63, 3.8) is 0 Å². The summed E-state index contributed by atoms with van der Waals surface area (Å²) >= 11 is 1.25. The first-order chi connectivity index (χ1) is 11.5. The molecule has 3 fully saturated rings. The number of thiazole rings is 1. The first-order valence-corrected chi connectivity index (χ1v) is 10.7. The predicted octanol–water partition coefficient (Wildman–Crippen LogP) is 1.36. The maximum absolute atomic E-state index is 12.6. The average molecular weight is 367 g/mol. The Bertz CT molecular complexity index is 701. The number of likely N-dealkylation sites (tertiary alicyclic amines) is 2. The third-order valence-corrected chi connectivity index (χ3v) is 7.94. The smallest absolute Gasteiger partial charge is 0.282 e. The molecule has 1 unspecified atom stereocenters. The second-order valence-corrected chi connectivity index (χ2v) is 9.59. The molecular formula is C16H21N3O3S2. The molecule has 0 bridgehead atoms. The minimum atomic E-state index is -0.692. The highest BCUT2D eigenvalue weighted by molar-refractivity contribution is 7.86. The van der Waals surface area contributed by atoms with E-state index in [1.807, 2.05) is 4.90 Å². The number of piperidine rings is 1. The Hall–Kier alpha value is -1.28. The molecule has 0 radical (unpaired) electrons. The van der Waals surface area contributed by atoms with Gasteiger partial charge in [0, 0.05) is 58.8 Å². The molecule has 0 aromatic carbocycles. The number of hydrogen-bond donors (Lipinski definition) is 0. The summed E-state index contributed by atoms with van der Waals surface area (Å²) in [6.45, 7) is 4.18. The normalized spacial score (nSPS) is 26.1. The zero-order chi connectivity index (χ0) is 16.9. The van der Waals surface area contributed by atoms with Crippen LogP contribution in [0.15, 0.2) is 5.38 Å². The summed E-state index contributed by atoms with van der Waals surface area (Å²) in [4.78, 5) is 33.0. The van der Waals surface area contributed by atoms with Gasteiger partial charge >= 0.3 is 0 Å². The van der Waals surface area contributed by atoms with Crippen LogP contribution in [-0.2, 0) is 10.8 Å². The van der Waals surface area contributed by atoms with Crippen LogP contribution in [0.25, 0.3) is 0 Å². The van der Waals surface area contributed by atoms with E-state index in [1.54, 1.807) is 10.3 Å². The Kier molecular flexibility index (Phi) is 3.99. The van der Waals surface area contributed by atoms with Crippen LogP contribution in [0, 0.1) is 5.41 Å². The summed E-state index contributed by atoms with van der Waals surface area (Å²) < 4.78 is 11.3. The van der Waals surface area contributed by atoms with Crippen molar-refractivity contribution >= 4 is 34.0 Å². The standard InChI is InChI=1S/C16H21N3O3S2/c1-11-4-2-3-5-19(11)14(20)12-6-23-13(17-12)15(21)18-7-16(8-18)9-24(22)10-16/h6,11H,2-5,7-10H2,1H3. The van der Waals surface area contributed by atoms with Gasteiger partial charge in [-0.15, -0.1) is 11.3 Å². The molecule has 4 rings (SSSR count). The molecule has 4 heterocycles. The predicted molar refractivity (Wildman–Crippen MR) is 92.7 cm³/mol. The van der Waals surface area contributed by atoms with Crippen molar-refractivity contribution in [3.05, 3.63) is 16.1 Å². The molecule has 130 valence electrons. The maximum Gasteiger partial charge on any atom is 0.282 e. The van der Waals surface area contributed by atoms with Gasteiger partial charge in [-0.2, -0.15) is 0 Å². The Labute approximate surface area is 147 Å². The van der Waals surface area contributed by atoms with Gasteiger partial charge in [-0.3, -0.25) is 13.8 Å². The molecule has 3 aliphatic heterocycles. The SMILES string of the molecule is CC1CCCCN1C(=O)c1csc(C(=O)N2CC3(C2)CS(=O)C3)n1. The second-order valence-electron chi connectivity index (χ2n) is 7.27. The van der Waals surface area contributed by atoms with E-state index in [1.165, 1.54) is 11.3 Å². The lowest BCUT2D eigenvalue weighted by molar-refractivity contribution is 0.0216. The Morgan fingerprint density at radius 1 is 1.29 bits per heavy atom. The van der Waals surface area contributed by atoms with Gasteiger partial charge in [0.15, 0.2) is 5.01 Å². The van der Waals surface area contributed by atoms with Crippen molar-refractivity contribution < 1.29 is 13.8 Å². The fourth-order valence-electron chi connectivity index (χ4n) is 3.88. The van der Waals surface area contributed by atoms with Crippen molar-refractivity contribution in [2.75, 3.05) is 31.1 Å². The van der Waals surface area contributed by atoms with E-state index in [0.29, 0.717) is 35.3 Å². The van der Waals surface area contributed by atoms with Crippen LogP contribution in [0.2, 0.25) is 0 Å². The van der Waals surface area contributed by atoms with Gasteiger partial charge in [0.1, 0.15) is 5.69 Å². The minimum absolute atomic E-state index is 0.0630. The molecule has 2 amide bonds. The third-order valence-electron chi connectivity index (χ3n) is 5.24. The third kappa shape index (κ3) is 2.69. The van der Waals surface area contributed by atoms with Crippen molar-refractivity contribution in [2.45, 2.75) is 32.2 Å². The molecule has 0 N–H and O–H groups in total. The lowest BCUT2D eigenvalue weighted by Gasteiger charge is -2.54. The molecule has 1 atom stereocenters. The highest BCUT2D eigenvalue weighted by Gasteiger charge is 2.53. The summed E-state index contributed by atoms with van der Waals surface area (Å²) in [5.41, 5.74) is 0.483. The van der Waals surface area contributed by atoms with Gasteiger partial charge in [0.25, 0.3) is 11.8 Å². The molecule has 1 spiro atoms. The van der Waals surface area contributed by atoms with Crippen molar-refractivity contribution in [3.8, 4) is 0 Å². The summed E-state index contributed by atoms with van der Waals surface area (Å²) in [5.74, 6) is 1.26. The van der Waals surface area contributed by atoms with Gasteiger partial charge < -0.3 is 9.80 Å². The van der Waals surface area contributed by atoms with Crippen LogP contribution in [0.4, 0.5) is 0 Å². The number of aromatic nitrogens is 1. The quantitative estimate of drug-likeness (QED) is 0.791. The number of carbonyl (C=O) groups is 2. The molecule has 1 aromatic rings. The van der Waals surface area contributed by atoms with Crippen molar-refractivity contribution in [1.29, 1.82) is 0 Å². The zero-order valence-corrected chi connectivity index (χ0v) is 15.3. The molecule has 0 saturated carbocycles. The van der Waals surface area contributed by atoms with Gasteiger partial charge in [-0.05, 0) is 26.2 Å². The number of hydrogen-bond acceptors (Lipinski definition) is 5. The van der Waals surface area contributed by atoms with E-state index in [0.717, 1.165) is 25.8 Å². The molecule has 1 aromatic heterocycles. The van der Waals surface area contributed by atoms with E-state index in [-0.39, 0.29) is 23.3 Å². The molecule has 3 aliphatic rings. The van der Waals surface area contributed by atoms with E-state index in [9.17, 15) is 13.8 Å². The molecule has 6 nitrogen and oxygen atoms in total. The van der Waals surface area contributed by atoms with E-state index in [2.05, 4.69) is 11.9 Å². The summed E-state index contributed by atoms with van der Waals surface area (Å²) in [7, 11) is -0.692. The summed E-state index contributed by atoms with van der Waals surface area (Å²) in [6, 6.07) is 0.238. The van der Waals surface area contributed by atoms with Crippen LogP contribution >= 0.6 is 11.3 Å². The highest BCUT2D eigenvalue weighted by Crippen LogP contribution is 2.40. The van der Waals surface area contributed by atoms with E-state index >= 15 is 0 Å². The lowest BCUT2D eigenvalue weighted by Crippen LogP contribution is -2.67. The summed E-state index contributed by atoms with van der Waals surface area (Å²) in [5, 5.41) is 2.09. The van der Waals surface area contributed by atoms with Crippen molar-refractivity contribution in [2.24, 2.45) is 5.41 Å². The largest absolute Gasteiger partial charge is 0.335 e. The van der Waals surface area contributed by atoms with E-state index < -0.39 is 10.8 Å². The maximum atomic E-state index is 12.6. The first-order valence-electron chi connectivity index (χ1n) is 8.38. The number of amides is 2. The van der Waals surface area contributed by atoms with Gasteiger partial charge in [0.2, 0.25) is 0 Å². The topological polar surface area (TPSA) is 70.6 Å². The Morgan fingerprint density at radius 3 is 2.71 bits per heavy atom. The molecular weight excluding hydrogens is 346 g/mol. The molecule has 24 heavy (non-hydrogen) atoms. The van der Waals surface area contributed by atoms with Gasteiger partial charge in [-0.1, -0.05) is 0 Å². The average Bonchev–Trinajstić information content (AvgIpc) is 2.98. The zero-order valence-electron chi connectivity index (χ0n) is 13.7. The number of nitrogens with zero attached hydrogens (tertiary/aromatic N) is 3. The molecule has 8 heteroatoms. The summed E-state index contributed by atoms with van der Waals surface area (Å²) in [6.07, 6.45) is 3.22. The van der Waals surface area contributed by atoms with Crippen LogP contribution in [0.1, 0.15) is 46.5 Å². The number of rotatable bonds is 2. The molecule has 3 saturated heterocycles. The Balaban J connectivity index is 1.40.